The molecule has 3 aromatic rings. The minimum Gasteiger partial charge on any atom is -0.339 e. The molecule has 0 amide bonds. The largest absolute Gasteiger partial charge is 0.339 e. The van der Waals surface area contributed by atoms with E-state index in [4.69, 9.17) is 0 Å². The monoisotopic (exact) mass is 386 g/mol. The summed E-state index contributed by atoms with van der Waals surface area (Å²) in [7, 11) is -1.94. The molecule has 0 spiro atoms. The van der Waals surface area contributed by atoms with Crippen LogP contribution < -0.4 is 5.32 Å². The van der Waals surface area contributed by atoms with Gasteiger partial charge in [0, 0.05) is 37.7 Å². The molecule has 0 bridgehead atoms. The van der Waals surface area contributed by atoms with Gasteiger partial charge in [-0.05, 0) is 13.3 Å². The molecular formula is C16H18N8O2S. The SMILES string of the molecule is Cc1nc2c(c(Nc3cnccn3)n1)CCN(S(=O)(=O)c1cn(C)cn1)C2. The van der Waals surface area contributed by atoms with Gasteiger partial charge in [0.25, 0.3) is 10.0 Å². The van der Waals surface area contributed by atoms with Crippen molar-refractivity contribution in [1.82, 2.24) is 33.8 Å². The van der Waals surface area contributed by atoms with E-state index in [2.05, 4.69) is 30.2 Å². The lowest BCUT2D eigenvalue weighted by Gasteiger charge is -2.28. The van der Waals surface area contributed by atoms with E-state index >= 15 is 0 Å². The van der Waals surface area contributed by atoms with E-state index in [0.717, 1.165) is 5.56 Å². The van der Waals surface area contributed by atoms with Gasteiger partial charge in [-0.1, -0.05) is 0 Å². The van der Waals surface area contributed by atoms with Crippen molar-refractivity contribution < 1.29 is 8.42 Å². The van der Waals surface area contributed by atoms with Gasteiger partial charge >= 0.3 is 0 Å². The third-order valence-electron chi connectivity index (χ3n) is 4.24. The first kappa shape index (κ1) is 17.5. The Morgan fingerprint density at radius 3 is 2.74 bits per heavy atom. The molecule has 11 heteroatoms. The van der Waals surface area contributed by atoms with Crippen molar-refractivity contribution in [3.05, 3.63) is 48.2 Å². The number of fused-ring (bicyclic) bond motifs is 1. The zero-order valence-electron chi connectivity index (χ0n) is 14.9. The number of nitrogens with zero attached hydrogens (tertiary/aromatic N) is 7. The van der Waals surface area contributed by atoms with Crippen molar-refractivity contribution in [2.24, 2.45) is 7.05 Å². The average molecular weight is 386 g/mol. The summed E-state index contributed by atoms with van der Waals surface area (Å²) < 4.78 is 28.7. The van der Waals surface area contributed by atoms with Crippen LogP contribution in [-0.4, -0.2) is 48.8 Å². The fourth-order valence-corrected chi connectivity index (χ4v) is 4.35. The highest BCUT2D eigenvalue weighted by Gasteiger charge is 2.32. The van der Waals surface area contributed by atoms with Crippen molar-refractivity contribution >= 4 is 21.7 Å². The summed E-state index contributed by atoms with van der Waals surface area (Å²) in [6, 6.07) is 0. The summed E-state index contributed by atoms with van der Waals surface area (Å²) in [5, 5.41) is 3.19. The molecule has 0 fully saturated rings. The molecule has 1 N–H and O–H groups in total. The molecule has 1 aliphatic heterocycles. The second-order valence-corrected chi connectivity index (χ2v) is 8.11. The van der Waals surface area contributed by atoms with Crippen LogP contribution in [-0.2, 0) is 30.0 Å². The Hall–Kier alpha value is -2.92. The number of aryl methyl sites for hydroxylation is 2. The summed E-state index contributed by atoms with van der Waals surface area (Å²) in [4.78, 5) is 21.1. The first-order valence-electron chi connectivity index (χ1n) is 8.31. The molecule has 0 radical (unpaired) electrons. The number of imidazole rings is 1. The zero-order valence-corrected chi connectivity index (χ0v) is 15.7. The molecule has 3 aromatic heterocycles. The Morgan fingerprint density at radius 2 is 2.04 bits per heavy atom. The van der Waals surface area contributed by atoms with Crippen LogP contribution in [0.15, 0.2) is 36.1 Å². The van der Waals surface area contributed by atoms with E-state index in [1.807, 2.05) is 0 Å². The van der Waals surface area contributed by atoms with E-state index < -0.39 is 10.0 Å². The lowest BCUT2D eigenvalue weighted by atomic mass is 10.1. The Balaban J connectivity index is 1.65. The standard InChI is InChI=1S/C16H18N8O2S/c1-11-20-13-8-24(27(25,26)15-9-23(2)10-19-15)6-3-12(13)16(21-11)22-14-7-17-4-5-18-14/h4-5,7,9-10H,3,6,8H2,1-2H3,(H,18,20,21,22). The van der Waals surface area contributed by atoms with Crippen LogP contribution in [0.1, 0.15) is 17.1 Å². The quantitative estimate of drug-likeness (QED) is 0.699. The molecule has 4 rings (SSSR count). The molecule has 10 nitrogen and oxygen atoms in total. The van der Waals surface area contributed by atoms with Crippen molar-refractivity contribution in [2.75, 3.05) is 11.9 Å². The minimum atomic E-state index is -3.67. The van der Waals surface area contributed by atoms with Crippen LogP contribution in [0, 0.1) is 6.92 Å². The molecular weight excluding hydrogens is 368 g/mol. The number of sulfonamides is 1. The van der Waals surface area contributed by atoms with Gasteiger partial charge in [-0.25, -0.2) is 28.4 Å². The molecule has 0 aromatic carbocycles. The van der Waals surface area contributed by atoms with Crippen LogP contribution in [0.3, 0.4) is 0 Å². The van der Waals surface area contributed by atoms with E-state index in [1.165, 1.54) is 16.8 Å². The Labute approximate surface area is 156 Å². The molecule has 0 saturated carbocycles. The number of aromatic nitrogens is 6. The minimum absolute atomic E-state index is 0.0390. The van der Waals surface area contributed by atoms with Gasteiger partial charge in [0.2, 0.25) is 0 Å². The first-order valence-corrected chi connectivity index (χ1v) is 9.75. The van der Waals surface area contributed by atoms with Crippen LogP contribution in [0.4, 0.5) is 11.6 Å². The first-order chi connectivity index (χ1) is 12.9. The van der Waals surface area contributed by atoms with Crippen molar-refractivity contribution in [3.63, 3.8) is 0 Å². The van der Waals surface area contributed by atoms with Crippen LogP contribution in [0.5, 0.6) is 0 Å². The summed E-state index contributed by atoms with van der Waals surface area (Å²) in [5.74, 6) is 1.76. The maximum Gasteiger partial charge on any atom is 0.262 e. The highest BCUT2D eigenvalue weighted by Crippen LogP contribution is 2.28. The lowest BCUT2D eigenvalue weighted by molar-refractivity contribution is 0.383. The Morgan fingerprint density at radius 1 is 1.19 bits per heavy atom. The summed E-state index contributed by atoms with van der Waals surface area (Å²) in [6.07, 6.45) is 8.24. The van der Waals surface area contributed by atoms with Gasteiger partial charge in [-0.3, -0.25) is 4.98 Å². The maximum absolute atomic E-state index is 12.8. The molecule has 140 valence electrons. The smallest absolute Gasteiger partial charge is 0.262 e. The topological polar surface area (TPSA) is 119 Å². The van der Waals surface area contributed by atoms with E-state index in [1.54, 1.807) is 37.1 Å². The van der Waals surface area contributed by atoms with Crippen LogP contribution >= 0.6 is 0 Å². The number of rotatable bonds is 4. The summed E-state index contributed by atoms with van der Waals surface area (Å²) in [6.45, 7) is 2.27. The fourth-order valence-electron chi connectivity index (χ4n) is 2.98. The molecule has 0 aliphatic carbocycles. The predicted octanol–water partition coefficient (Wildman–Crippen LogP) is 0.799. The van der Waals surface area contributed by atoms with E-state index in [-0.39, 0.29) is 11.6 Å². The zero-order chi connectivity index (χ0) is 19.0. The van der Waals surface area contributed by atoms with Gasteiger partial charge in [-0.15, -0.1) is 0 Å². The van der Waals surface area contributed by atoms with Crippen LogP contribution in [0.25, 0.3) is 0 Å². The van der Waals surface area contributed by atoms with Crippen LogP contribution in [0.2, 0.25) is 0 Å². The fraction of sp³-hybridized carbons (Fsp3) is 0.312. The molecule has 27 heavy (non-hydrogen) atoms. The number of nitrogens with one attached hydrogen (secondary N) is 1. The number of hydrogen-bond donors (Lipinski definition) is 1. The molecule has 0 atom stereocenters. The van der Waals surface area contributed by atoms with Gasteiger partial charge in [0.1, 0.15) is 17.5 Å². The molecule has 0 unspecified atom stereocenters. The van der Waals surface area contributed by atoms with Gasteiger partial charge in [0.05, 0.1) is 24.8 Å². The third-order valence-corrected chi connectivity index (χ3v) is 5.97. The van der Waals surface area contributed by atoms with Gasteiger partial charge < -0.3 is 9.88 Å². The number of anilines is 2. The molecule has 1 aliphatic rings. The predicted molar refractivity (Wildman–Crippen MR) is 96.6 cm³/mol. The van der Waals surface area contributed by atoms with E-state index in [9.17, 15) is 8.42 Å². The highest BCUT2D eigenvalue weighted by molar-refractivity contribution is 7.89. The highest BCUT2D eigenvalue weighted by atomic mass is 32.2. The second kappa shape index (κ2) is 6.67. The van der Waals surface area contributed by atoms with Crippen molar-refractivity contribution in [2.45, 2.75) is 24.9 Å². The van der Waals surface area contributed by atoms with Gasteiger partial charge in [0.15, 0.2) is 5.03 Å². The number of hydrogen-bond acceptors (Lipinski definition) is 8. The van der Waals surface area contributed by atoms with Crippen molar-refractivity contribution in [3.8, 4) is 0 Å². The third kappa shape index (κ3) is 3.38. The molecule has 4 heterocycles. The second-order valence-electron chi connectivity index (χ2n) is 6.23. The Kier molecular flexibility index (Phi) is 4.32. The maximum atomic E-state index is 12.8. The molecule has 0 saturated heterocycles. The van der Waals surface area contributed by atoms with Crippen molar-refractivity contribution in [1.29, 1.82) is 0 Å². The summed E-state index contributed by atoms with van der Waals surface area (Å²) >= 11 is 0. The normalized spacial score (nSPS) is 14.7. The summed E-state index contributed by atoms with van der Waals surface area (Å²) in [5.41, 5.74) is 1.57. The average Bonchev–Trinajstić information content (AvgIpc) is 3.09. The lowest BCUT2D eigenvalue weighted by Crippen LogP contribution is -2.37. The van der Waals surface area contributed by atoms with Gasteiger partial charge in [-0.2, -0.15) is 4.31 Å². The van der Waals surface area contributed by atoms with E-state index in [0.29, 0.717) is 36.1 Å². The Bertz CT molecular complexity index is 1080.